The number of carbonyl (C=O) groups is 2. The quantitative estimate of drug-likeness (QED) is 0.635. The Morgan fingerprint density at radius 3 is 2.82 bits per heavy atom. The second kappa shape index (κ2) is 7.78. The van der Waals surface area contributed by atoms with E-state index in [2.05, 4.69) is 12.6 Å². The molecule has 2 unspecified atom stereocenters. The number of esters is 1. The third kappa shape index (κ3) is 3.52. The van der Waals surface area contributed by atoms with Gasteiger partial charge in [0.15, 0.2) is 0 Å². The Kier molecular flexibility index (Phi) is 6.02. The lowest BCUT2D eigenvalue weighted by molar-refractivity contribution is -0.153. The van der Waals surface area contributed by atoms with Crippen LogP contribution in [0.4, 0.5) is 0 Å². The first kappa shape index (κ1) is 17.0. The second-order valence-electron chi connectivity index (χ2n) is 4.79. The summed E-state index contributed by atoms with van der Waals surface area (Å²) in [5.74, 6) is 0.416. The lowest BCUT2D eigenvalue weighted by Crippen LogP contribution is -2.44. The van der Waals surface area contributed by atoms with Crippen LogP contribution in [-0.2, 0) is 14.3 Å². The van der Waals surface area contributed by atoms with Crippen LogP contribution >= 0.6 is 24.4 Å². The molecule has 7 heteroatoms. The Labute approximate surface area is 139 Å². The first-order chi connectivity index (χ1) is 10.6. The first-order valence-electron chi connectivity index (χ1n) is 7.08. The number of hydrogen-bond donors (Lipinski definition) is 2. The molecule has 1 aliphatic heterocycles. The second-order valence-corrected chi connectivity index (χ2v) is 6.35. The lowest BCUT2D eigenvalue weighted by atomic mass is 10.1. The lowest BCUT2D eigenvalue weighted by Gasteiger charge is -2.28. The number of rotatable bonds is 5. The van der Waals surface area contributed by atoms with E-state index in [-0.39, 0.29) is 30.1 Å². The molecule has 1 aromatic carbocycles. The average molecular weight is 341 g/mol. The minimum atomic E-state index is -0.623. The zero-order valence-corrected chi connectivity index (χ0v) is 14.0. The summed E-state index contributed by atoms with van der Waals surface area (Å²) in [4.78, 5) is 26.1. The molecule has 2 atom stereocenters. The molecular weight excluding hydrogens is 322 g/mol. The molecule has 0 spiro atoms. The van der Waals surface area contributed by atoms with Gasteiger partial charge in [0.1, 0.15) is 17.2 Å². The van der Waals surface area contributed by atoms with Crippen molar-refractivity contribution in [3.05, 3.63) is 29.8 Å². The summed E-state index contributed by atoms with van der Waals surface area (Å²) in [7, 11) is 0. The molecule has 22 heavy (non-hydrogen) atoms. The fourth-order valence-corrected chi connectivity index (χ4v) is 4.05. The predicted molar refractivity (Wildman–Crippen MR) is 89.0 cm³/mol. The van der Waals surface area contributed by atoms with Crippen molar-refractivity contribution in [2.75, 3.05) is 18.1 Å². The number of thiol groups is 1. The third-order valence-electron chi connectivity index (χ3n) is 3.38. The molecule has 0 aromatic heterocycles. The maximum atomic E-state index is 12.4. The molecule has 1 saturated heterocycles. The number of ether oxygens (including phenoxy) is 1. The molecule has 1 heterocycles. The van der Waals surface area contributed by atoms with Gasteiger partial charge in [0, 0.05) is 17.7 Å². The maximum absolute atomic E-state index is 12.4. The normalized spacial score (nSPS) is 20.9. The van der Waals surface area contributed by atoms with Crippen LogP contribution < -0.4 is 0 Å². The van der Waals surface area contributed by atoms with Crippen LogP contribution in [0, 0.1) is 0 Å². The van der Waals surface area contributed by atoms with Gasteiger partial charge in [-0.05, 0) is 18.7 Å². The van der Waals surface area contributed by atoms with Gasteiger partial charge in [0.25, 0.3) is 0 Å². The number of amides is 1. The monoisotopic (exact) mass is 341 g/mol. The largest absolute Gasteiger partial charge is 0.508 e. The van der Waals surface area contributed by atoms with Crippen LogP contribution in [0.1, 0.15) is 24.3 Å². The summed E-state index contributed by atoms with van der Waals surface area (Å²) in [6.45, 7) is 2.01. The SMILES string of the molecule is CCOC(=O)C1CSC(c2ccccc2O)N1C(=O)CCS. The third-order valence-corrected chi connectivity index (χ3v) is 4.90. The summed E-state index contributed by atoms with van der Waals surface area (Å²) < 4.78 is 5.07. The molecule has 120 valence electrons. The molecule has 5 nitrogen and oxygen atoms in total. The van der Waals surface area contributed by atoms with Gasteiger partial charge in [0.05, 0.1) is 6.61 Å². The maximum Gasteiger partial charge on any atom is 0.329 e. The van der Waals surface area contributed by atoms with Crippen molar-refractivity contribution in [3.8, 4) is 5.75 Å². The van der Waals surface area contributed by atoms with Gasteiger partial charge in [-0.2, -0.15) is 12.6 Å². The average Bonchev–Trinajstić information content (AvgIpc) is 2.93. The van der Waals surface area contributed by atoms with Crippen molar-refractivity contribution in [2.24, 2.45) is 0 Å². The van der Waals surface area contributed by atoms with Crippen molar-refractivity contribution in [1.29, 1.82) is 0 Å². The summed E-state index contributed by atoms with van der Waals surface area (Å²) in [6, 6.07) is 6.24. The van der Waals surface area contributed by atoms with Gasteiger partial charge in [-0.1, -0.05) is 18.2 Å². The number of benzene rings is 1. The van der Waals surface area contributed by atoms with Crippen molar-refractivity contribution in [2.45, 2.75) is 24.8 Å². The van der Waals surface area contributed by atoms with Gasteiger partial charge in [-0.3, -0.25) is 4.79 Å². The number of thioether (sulfide) groups is 1. The summed E-state index contributed by atoms with van der Waals surface area (Å²) >= 11 is 5.55. The highest BCUT2D eigenvalue weighted by atomic mass is 32.2. The van der Waals surface area contributed by atoms with Crippen LogP contribution in [-0.4, -0.2) is 46.0 Å². The summed E-state index contributed by atoms with van der Waals surface area (Å²) in [5, 5.41) is 9.66. The van der Waals surface area contributed by atoms with Crippen LogP contribution in [0.15, 0.2) is 24.3 Å². The molecular formula is C15H19NO4S2. The van der Waals surface area contributed by atoms with Crippen molar-refractivity contribution >= 4 is 36.3 Å². The van der Waals surface area contributed by atoms with E-state index in [0.29, 0.717) is 17.1 Å². The Morgan fingerprint density at radius 1 is 1.45 bits per heavy atom. The number of phenolic OH excluding ortho intramolecular Hbond substituents is 1. The first-order valence-corrected chi connectivity index (χ1v) is 8.76. The zero-order chi connectivity index (χ0) is 16.1. The molecule has 0 saturated carbocycles. The van der Waals surface area contributed by atoms with Crippen molar-refractivity contribution in [1.82, 2.24) is 4.90 Å². The van der Waals surface area contributed by atoms with Crippen molar-refractivity contribution < 1.29 is 19.4 Å². The van der Waals surface area contributed by atoms with Crippen molar-refractivity contribution in [3.63, 3.8) is 0 Å². The van der Waals surface area contributed by atoms with Crippen LogP contribution in [0.2, 0.25) is 0 Å². The van der Waals surface area contributed by atoms with Gasteiger partial charge >= 0.3 is 5.97 Å². The van der Waals surface area contributed by atoms with E-state index in [1.165, 1.54) is 16.7 Å². The molecule has 0 aliphatic carbocycles. The van der Waals surface area contributed by atoms with Gasteiger partial charge < -0.3 is 14.7 Å². The molecule has 1 fully saturated rings. The number of phenols is 1. The Bertz CT molecular complexity index is 552. The topological polar surface area (TPSA) is 66.8 Å². The minimum absolute atomic E-state index is 0.119. The Balaban J connectivity index is 2.31. The molecule has 0 radical (unpaired) electrons. The standard InChI is InChI=1S/C15H19NO4S2/c1-2-20-15(19)11-9-22-14(16(11)13(18)7-8-21)10-5-3-4-6-12(10)17/h3-6,11,14,17,21H,2,7-9H2,1H3. The van der Waals surface area contributed by atoms with E-state index in [1.54, 1.807) is 31.2 Å². The fraction of sp³-hybridized carbons (Fsp3) is 0.467. The fourth-order valence-electron chi connectivity index (χ4n) is 2.39. The van der Waals surface area contributed by atoms with E-state index in [1.807, 2.05) is 0 Å². The highest BCUT2D eigenvalue weighted by Gasteiger charge is 2.43. The molecule has 1 amide bonds. The Morgan fingerprint density at radius 2 is 2.18 bits per heavy atom. The zero-order valence-electron chi connectivity index (χ0n) is 12.3. The molecule has 2 rings (SSSR count). The molecule has 1 N–H and O–H groups in total. The van der Waals surface area contributed by atoms with Crippen LogP contribution in [0.25, 0.3) is 0 Å². The number of carbonyl (C=O) groups excluding carboxylic acids is 2. The van der Waals surface area contributed by atoms with E-state index in [4.69, 9.17) is 4.74 Å². The van der Waals surface area contributed by atoms with E-state index in [0.717, 1.165) is 0 Å². The highest BCUT2D eigenvalue weighted by molar-refractivity contribution is 7.99. The van der Waals surface area contributed by atoms with Crippen LogP contribution in [0.3, 0.4) is 0 Å². The molecule has 1 aromatic rings. The smallest absolute Gasteiger partial charge is 0.329 e. The van der Waals surface area contributed by atoms with Gasteiger partial charge in [-0.25, -0.2) is 4.79 Å². The van der Waals surface area contributed by atoms with Gasteiger partial charge in [-0.15, -0.1) is 11.8 Å². The number of hydrogen-bond acceptors (Lipinski definition) is 6. The number of nitrogens with zero attached hydrogens (tertiary/aromatic N) is 1. The molecule has 1 aliphatic rings. The van der Waals surface area contributed by atoms with Gasteiger partial charge in [0.2, 0.25) is 5.91 Å². The minimum Gasteiger partial charge on any atom is -0.508 e. The van der Waals surface area contributed by atoms with Crippen LogP contribution in [0.5, 0.6) is 5.75 Å². The summed E-state index contributed by atoms with van der Waals surface area (Å²) in [5.41, 5.74) is 0.631. The molecule has 0 bridgehead atoms. The highest BCUT2D eigenvalue weighted by Crippen LogP contribution is 2.44. The van der Waals surface area contributed by atoms with E-state index < -0.39 is 12.0 Å². The van der Waals surface area contributed by atoms with E-state index >= 15 is 0 Å². The predicted octanol–water partition coefficient (Wildman–Crippen LogP) is 2.22. The Hall–Kier alpha value is -1.34. The summed E-state index contributed by atoms with van der Waals surface area (Å²) in [6.07, 6.45) is 0.240. The van der Waals surface area contributed by atoms with E-state index in [9.17, 15) is 14.7 Å². The number of aromatic hydroxyl groups is 1. The number of para-hydroxylation sites is 1.